The fraction of sp³-hybridized carbons (Fsp3) is 0.250. The van der Waals surface area contributed by atoms with Crippen molar-refractivity contribution in [3.63, 3.8) is 0 Å². The quantitative estimate of drug-likeness (QED) is 0.889. The van der Waals surface area contributed by atoms with Gasteiger partial charge in [-0.15, -0.1) is 0 Å². The van der Waals surface area contributed by atoms with Crippen molar-refractivity contribution in [1.82, 2.24) is 5.32 Å². The van der Waals surface area contributed by atoms with Gasteiger partial charge in [-0.1, -0.05) is 24.3 Å². The highest BCUT2D eigenvalue weighted by Crippen LogP contribution is 2.28. The third-order valence-corrected chi connectivity index (χ3v) is 3.80. The van der Waals surface area contributed by atoms with Crippen molar-refractivity contribution in [1.29, 1.82) is 0 Å². The number of nitrogens with one attached hydrogen (secondary N) is 1. The monoisotopic (exact) mass is 336 g/mol. The van der Waals surface area contributed by atoms with E-state index in [2.05, 4.69) is 39.4 Å². The van der Waals surface area contributed by atoms with Gasteiger partial charge in [0, 0.05) is 30.2 Å². The van der Waals surface area contributed by atoms with Crippen LogP contribution in [0.1, 0.15) is 11.1 Å². The molecule has 0 spiro atoms. The summed E-state index contributed by atoms with van der Waals surface area (Å²) in [6.07, 6.45) is 0. The molecule has 4 heteroatoms. The van der Waals surface area contributed by atoms with Gasteiger partial charge >= 0.3 is 0 Å². The first-order chi connectivity index (χ1) is 9.61. The molecule has 0 atom stereocenters. The van der Waals surface area contributed by atoms with E-state index in [1.165, 1.54) is 11.6 Å². The Morgan fingerprint density at radius 2 is 1.95 bits per heavy atom. The Labute approximate surface area is 127 Å². The third kappa shape index (κ3) is 3.58. The zero-order chi connectivity index (χ0) is 14.5. The second-order valence-electron chi connectivity index (χ2n) is 4.76. The van der Waals surface area contributed by atoms with Crippen LogP contribution in [0.2, 0.25) is 0 Å². The highest BCUT2D eigenvalue weighted by Gasteiger charge is 2.09. The fourth-order valence-electron chi connectivity index (χ4n) is 2.14. The van der Waals surface area contributed by atoms with Crippen molar-refractivity contribution in [3.05, 3.63) is 63.9 Å². The standard InChI is InChI=1S/C16H18BrFN2/c1-19-10-12-7-8-16(14(17)9-12)20(2)11-13-5-3-4-6-15(13)18/h3-9,19H,10-11H2,1-2H3. The zero-order valence-electron chi connectivity index (χ0n) is 11.7. The third-order valence-electron chi connectivity index (χ3n) is 3.17. The Hall–Kier alpha value is -1.39. The molecule has 0 saturated carbocycles. The molecule has 0 aliphatic carbocycles. The molecule has 0 fully saturated rings. The maximum Gasteiger partial charge on any atom is 0.128 e. The van der Waals surface area contributed by atoms with Crippen LogP contribution >= 0.6 is 15.9 Å². The lowest BCUT2D eigenvalue weighted by Gasteiger charge is -2.21. The maximum absolute atomic E-state index is 13.7. The Kier molecular flexibility index (Phi) is 5.15. The molecular formula is C16H18BrFN2. The van der Waals surface area contributed by atoms with E-state index in [-0.39, 0.29) is 5.82 Å². The molecule has 2 nitrogen and oxygen atoms in total. The number of rotatable bonds is 5. The van der Waals surface area contributed by atoms with Crippen LogP contribution in [-0.2, 0) is 13.1 Å². The molecular weight excluding hydrogens is 319 g/mol. The second-order valence-corrected chi connectivity index (χ2v) is 5.62. The number of hydrogen-bond donors (Lipinski definition) is 1. The predicted molar refractivity (Wildman–Crippen MR) is 85.4 cm³/mol. The number of nitrogens with zero attached hydrogens (tertiary/aromatic N) is 1. The van der Waals surface area contributed by atoms with Gasteiger partial charge in [0.05, 0.1) is 5.69 Å². The summed E-state index contributed by atoms with van der Waals surface area (Å²) < 4.78 is 14.7. The predicted octanol–water partition coefficient (Wildman–Crippen LogP) is 3.94. The van der Waals surface area contributed by atoms with Gasteiger partial charge < -0.3 is 10.2 Å². The molecule has 0 bridgehead atoms. The topological polar surface area (TPSA) is 15.3 Å². The SMILES string of the molecule is CNCc1ccc(N(C)Cc2ccccc2F)c(Br)c1. The van der Waals surface area contributed by atoms with E-state index in [0.29, 0.717) is 12.1 Å². The normalized spacial score (nSPS) is 10.6. The number of benzene rings is 2. The van der Waals surface area contributed by atoms with Crippen molar-refractivity contribution in [2.45, 2.75) is 13.1 Å². The molecule has 20 heavy (non-hydrogen) atoms. The van der Waals surface area contributed by atoms with Crippen LogP contribution in [0.5, 0.6) is 0 Å². The highest BCUT2D eigenvalue weighted by molar-refractivity contribution is 9.10. The molecule has 0 saturated heterocycles. The molecule has 2 rings (SSSR count). The molecule has 0 unspecified atom stereocenters. The largest absolute Gasteiger partial charge is 0.369 e. The summed E-state index contributed by atoms with van der Waals surface area (Å²) in [6, 6.07) is 13.1. The number of halogens is 2. The van der Waals surface area contributed by atoms with Gasteiger partial charge in [-0.05, 0) is 46.7 Å². The van der Waals surface area contributed by atoms with Gasteiger partial charge in [-0.25, -0.2) is 4.39 Å². The van der Waals surface area contributed by atoms with E-state index < -0.39 is 0 Å². The minimum absolute atomic E-state index is 0.165. The maximum atomic E-state index is 13.7. The van der Waals surface area contributed by atoms with Gasteiger partial charge in [-0.3, -0.25) is 0 Å². The Morgan fingerprint density at radius 3 is 2.60 bits per heavy atom. The number of anilines is 1. The molecule has 0 aliphatic rings. The second kappa shape index (κ2) is 6.86. The minimum atomic E-state index is -0.165. The smallest absolute Gasteiger partial charge is 0.128 e. The molecule has 0 heterocycles. The molecule has 0 radical (unpaired) electrons. The van der Waals surface area contributed by atoms with E-state index in [9.17, 15) is 4.39 Å². The van der Waals surface area contributed by atoms with Crippen LogP contribution in [-0.4, -0.2) is 14.1 Å². The number of hydrogen-bond acceptors (Lipinski definition) is 2. The lowest BCUT2D eigenvalue weighted by Crippen LogP contribution is -2.18. The van der Waals surface area contributed by atoms with Crippen molar-refractivity contribution >= 4 is 21.6 Å². The van der Waals surface area contributed by atoms with Crippen LogP contribution in [0, 0.1) is 5.82 Å². The van der Waals surface area contributed by atoms with Crippen molar-refractivity contribution < 1.29 is 4.39 Å². The average Bonchev–Trinajstić information content (AvgIpc) is 2.42. The van der Waals surface area contributed by atoms with Gasteiger partial charge in [0.2, 0.25) is 0 Å². The molecule has 2 aromatic rings. The first kappa shape index (κ1) is 15.0. The van der Waals surface area contributed by atoms with Crippen LogP contribution in [0.15, 0.2) is 46.9 Å². The Morgan fingerprint density at radius 1 is 1.20 bits per heavy atom. The summed E-state index contributed by atoms with van der Waals surface area (Å²) in [4.78, 5) is 2.03. The van der Waals surface area contributed by atoms with Crippen molar-refractivity contribution in [3.8, 4) is 0 Å². The first-order valence-corrected chi connectivity index (χ1v) is 7.28. The summed E-state index contributed by atoms with van der Waals surface area (Å²) in [6.45, 7) is 1.37. The minimum Gasteiger partial charge on any atom is -0.369 e. The van der Waals surface area contributed by atoms with Gasteiger partial charge in [0.25, 0.3) is 0 Å². The fourth-order valence-corrected chi connectivity index (χ4v) is 2.87. The van der Waals surface area contributed by atoms with Gasteiger partial charge in [-0.2, -0.15) is 0 Å². The summed E-state index contributed by atoms with van der Waals surface area (Å²) >= 11 is 3.59. The van der Waals surface area contributed by atoms with Gasteiger partial charge in [0.15, 0.2) is 0 Å². The molecule has 0 aromatic heterocycles. The van der Waals surface area contributed by atoms with Crippen LogP contribution < -0.4 is 10.2 Å². The van der Waals surface area contributed by atoms with Crippen molar-refractivity contribution in [2.24, 2.45) is 0 Å². The lowest BCUT2D eigenvalue weighted by molar-refractivity contribution is 0.608. The Bertz CT molecular complexity index is 586. The van der Waals surface area contributed by atoms with E-state index in [1.807, 2.05) is 31.1 Å². The molecule has 106 valence electrons. The summed E-state index contributed by atoms with van der Waals surface area (Å²) in [5.74, 6) is -0.165. The van der Waals surface area contributed by atoms with Gasteiger partial charge in [0.1, 0.15) is 5.82 Å². The summed E-state index contributed by atoms with van der Waals surface area (Å²) in [5.41, 5.74) is 2.96. The Balaban J connectivity index is 2.17. The molecule has 1 N–H and O–H groups in total. The molecule has 2 aromatic carbocycles. The summed E-state index contributed by atoms with van der Waals surface area (Å²) in [7, 11) is 3.89. The average molecular weight is 337 g/mol. The summed E-state index contributed by atoms with van der Waals surface area (Å²) in [5, 5.41) is 3.12. The van der Waals surface area contributed by atoms with Crippen LogP contribution in [0.25, 0.3) is 0 Å². The molecule has 0 aliphatic heterocycles. The lowest BCUT2D eigenvalue weighted by atomic mass is 10.1. The molecule has 0 amide bonds. The van der Waals surface area contributed by atoms with E-state index in [4.69, 9.17) is 0 Å². The van der Waals surface area contributed by atoms with Crippen molar-refractivity contribution in [2.75, 3.05) is 19.0 Å². The van der Waals surface area contributed by atoms with E-state index >= 15 is 0 Å². The highest BCUT2D eigenvalue weighted by atomic mass is 79.9. The van der Waals surface area contributed by atoms with E-state index in [1.54, 1.807) is 6.07 Å². The van der Waals surface area contributed by atoms with Crippen LogP contribution in [0.4, 0.5) is 10.1 Å². The van der Waals surface area contributed by atoms with E-state index in [0.717, 1.165) is 16.7 Å². The van der Waals surface area contributed by atoms with Crippen LogP contribution in [0.3, 0.4) is 0 Å². The zero-order valence-corrected chi connectivity index (χ0v) is 13.2. The first-order valence-electron chi connectivity index (χ1n) is 6.49.